The fourth-order valence-corrected chi connectivity index (χ4v) is 7.30. The number of pyridine rings is 1. The summed E-state index contributed by atoms with van der Waals surface area (Å²) in [5, 5.41) is 9.69. The average molecular weight is 824 g/mol. The summed E-state index contributed by atoms with van der Waals surface area (Å²) in [7, 11) is 0. The van der Waals surface area contributed by atoms with Crippen LogP contribution in [-0.4, -0.2) is 47.4 Å². The smallest absolute Gasteiger partial charge is 0.435 e. The highest BCUT2D eigenvalue weighted by atomic mass is 35.5. The Labute approximate surface area is 313 Å². The average Bonchev–Trinajstić information content (AvgIpc) is 3.71. The first kappa shape index (κ1) is 40.1. The van der Waals surface area contributed by atoms with Gasteiger partial charge in [-0.25, -0.2) is 8.78 Å². The number of halogens is 11. The molecule has 294 valence electrons. The Kier molecular flexibility index (Phi) is 10.8. The third-order valence-corrected chi connectivity index (χ3v) is 9.52. The van der Waals surface area contributed by atoms with E-state index in [4.69, 9.17) is 11.6 Å². The summed E-state index contributed by atoms with van der Waals surface area (Å²) in [6, 6.07) is 6.66. The number of anilines is 1. The minimum absolute atomic E-state index is 0.0141. The monoisotopic (exact) mass is 823 g/mol. The van der Waals surface area contributed by atoms with E-state index in [9.17, 15) is 53.3 Å². The maximum Gasteiger partial charge on any atom is 0.435 e. The Hall–Kier alpha value is -4.56. The van der Waals surface area contributed by atoms with E-state index in [1.54, 1.807) is 6.92 Å². The lowest BCUT2D eigenvalue weighted by Crippen LogP contribution is -2.35. The molecule has 1 amide bonds. The van der Waals surface area contributed by atoms with E-state index in [0.717, 1.165) is 12.1 Å². The molecule has 9 nitrogen and oxygen atoms in total. The van der Waals surface area contributed by atoms with Crippen molar-refractivity contribution in [3.8, 4) is 11.1 Å². The Balaban J connectivity index is 1.52. The van der Waals surface area contributed by atoms with Crippen molar-refractivity contribution in [1.82, 2.24) is 29.9 Å². The van der Waals surface area contributed by atoms with E-state index in [-0.39, 0.29) is 55.2 Å². The van der Waals surface area contributed by atoms with Gasteiger partial charge in [0.05, 0.1) is 39.0 Å². The van der Waals surface area contributed by atoms with Crippen molar-refractivity contribution in [1.29, 1.82) is 0 Å². The standard InChI is InChI=1S/C34H28ClF10N7O2S/c1-3-19-4-5-20(21-6-7-23(35)26-28(21)52(15-33(40,41)42)49-31(26)50-55(2)54)27(46-19)24(12-16-10-17(36)13-18(37)11-16)47-25(53)14-51-30-22(8-9-32(30,38)39)29(48-51)34(43,44)45/h4-7,10-11,13,24H,3,8-9,12,14-15H2,1-2H3,(H,47,53)(H,49,50). The molecule has 55 heavy (non-hydrogen) atoms. The second-order valence-corrected chi connectivity index (χ2v) is 14.2. The lowest BCUT2D eigenvalue weighted by atomic mass is 9.93. The van der Waals surface area contributed by atoms with Gasteiger partial charge in [-0.05, 0) is 49.1 Å². The van der Waals surface area contributed by atoms with Crippen molar-refractivity contribution in [2.45, 2.75) is 70.0 Å². The molecular weight excluding hydrogens is 796 g/mol. The zero-order valence-electron chi connectivity index (χ0n) is 28.5. The predicted octanol–water partition coefficient (Wildman–Crippen LogP) is 8.21. The molecule has 0 bridgehead atoms. The van der Waals surface area contributed by atoms with Gasteiger partial charge in [0.2, 0.25) is 11.7 Å². The van der Waals surface area contributed by atoms with Crippen LogP contribution in [0.2, 0.25) is 5.02 Å². The third kappa shape index (κ3) is 8.50. The fraction of sp³-hybridized carbons (Fsp3) is 0.353. The molecule has 2 unspecified atom stereocenters. The number of amides is 1. The van der Waals surface area contributed by atoms with E-state index >= 15 is 0 Å². The summed E-state index contributed by atoms with van der Waals surface area (Å²) < 4.78 is 157. The molecule has 5 aromatic rings. The first-order chi connectivity index (χ1) is 25.6. The number of fused-ring (bicyclic) bond motifs is 2. The van der Waals surface area contributed by atoms with Crippen LogP contribution in [0.15, 0.2) is 42.5 Å². The number of benzene rings is 2. The molecule has 0 radical (unpaired) electrons. The second kappa shape index (κ2) is 14.8. The van der Waals surface area contributed by atoms with E-state index in [1.165, 1.54) is 30.5 Å². The number of nitrogens with one attached hydrogen (secondary N) is 2. The lowest BCUT2D eigenvalue weighted by Gasteiger charge is -2.23. The summed E-state index contributed by atoms with van der Waals surface area (Å²) in [4.78, 5) is 18.3. The van der Waals surface area contributed by atoms with E-state index in [0.29, 0.717) is 16.4 Å². The normalized spacial score (nSPS) is 15.3. The maximum absolute atomic E-state index is 14.9. The molecular formula is C34H28ClF10N7O2S. The topological polar surface area (TPSA) is 113 Å². The van der Waals surface area contributed by atoms with Gasteiger partial charge in [0.15, 0.2) is 5.69 Å². The molecule has 2 N–H and O–H groups in total. The number of hydrogen-bond acceptors (Lipinski definition) is 6. The minimum atomic E-state index is -5.11. The van der Waals surface area contributed by atoms with Crippen LogP contribution in [0, 0.1) is 11.6 Å². The highest BCUT2D eigenvalue weighted by molar-refractivity contribution is 7.92. The molecule has 0 spiro atoms. The Morgan fingerprint density at radius 1 is 1.02 bits per heavy atom. The molecule has 0 saturated carbocycles. The van der Waals surface area contributed by atoms with Crippen molar-refractivity contribution in [3.63, 3.8) is 0 Å². The molecule has 1 aliphatic rings. The van der Waals surface area contributed by atoms with Gasteiger partial charge in [-0.1, -0.05) is 30.7 Å². The Morgan fingerprint density at radius 2 is 1.69 bits per heavy atom. The molecule has 3 heterocycles. The highest BCUT2D eigenvalue weighted by Gasteiger charge is 2.50. The van der Waals surface area contributed by atoms with Crippen molar-refractivity contribution >= 4 is 45.6 Å². The number of carbonyl (C=O) groups excluding carboxylic acids is 1. The van der Waals surface area contributed by atoms with Crippen LogP contribution in [0.5, 0.6) is 0 Å². The summed E-state index contributed by atoms with van der Waals surface area (Å²) >= 11 is 4.64. The molecule has 6 rings (SSSR count). The predicted molar refractivity (Wildman–Crippen MR) is 181 cm³/mol. The first-order valence-electron chi connectivity index (χ1n) is 16.3. The molecule has 0 saturated heterocycles. The van der Waals surface area contributed by atoms with E-state index in [2.05, 4.69) is 25.2 Å². The SMILES string of the molecule is CCc1ccc(-c2ccc(Cl)c3c(N[S+](C)[O-])nn(CC(F)(F)F)c23)c(C(Cc2cc(F)cc(F)c2)NC(=O)Cn2nc(C(F)(F)F)c3c2C(F)(F)CC3)n1. The number of nitrogens with zero attached hydrogens (tertiary/aromatic N) is 5. The van der Waals surface area contributed by atoms with Crippen LogP contribution in [-0.2, 0) is 60.6 Å². The maximum atomic E-state index is 14.9. The Bertz CT molecular complexity index is 2250. The molecule has 21 heteroatoms. The van der Waals surface area contributed by atoms with Gasteiger partial charge < -0.3 is 9.87 Å². The molecule has 0 aliphatic heterocycles. The lowest BCUT2D eigenvalue weighted by molar-refractivity contribution is -0.142. The number of rotatable bonds is 11. The molecule has 1 aliphatic carbocycles. The van der Waals surface area contributed by atoms with Crippen LogP contribution >= 0.6 is 11.6 Å². The van der Waals surface area contributed by atoms with Gasteiger partial charge in [-0.15, -0.1) is 5.10 Å². The summed E-state index contributed by atoms with van der Waals surface area (Å²) in [5.41, 5.74) is -3.29. The van der Waals surface area contributed by atoms with Crippen LogP contribution in [0.4, 0.5) is 49.7 Å². The minimum Gasteiger partial charge on any atom is -0.593 e. The molecule has 0 fully saturated rings. The molecule has 2 aromatic carbocycles. The molecule has 2 atom stereocenters. The van der Waals surface area contributed by atoms with Crippen molar-refractivity contribution in [2.24, 2.45) is 0 Å². The number of hydrogen-bond donors (Lipinski definition) is 2. The van der Waals surface area contributed by atoms with E-state index in [1.807, 2.05) is 0 Å². The van der Waals surface area contributed by atoms with Gasteiger partial charge in [0.25, 0.3) is 5.92 Å². The number of aryl methyl sites for hydroxylation is 1. The zero-order valence-corrected chi connectivity index (χ0v) is 30.1. The number of alkyl halides is 8. The van der Waals surface area contributed by atoms with Crippen LogP contribution in [0.3, 0.4) is 0 Å². The van der Waals surface area contributed by atoms with Crippen molar-refractivity contribution in [3.05, 3.63) is 93.0 Å². The largest absolute Gasteiger partial charge is 0.593 e. The van der Waals surface area contributed by atoms with Gasteiger partial charge in [-0.3, -0.25) is 19.1 Å². The summed E-state index contributed by atoms with van der Waals surface area (Å²) in [6.45, 7) is -1.07. The second-order valence-electron chi connectivity index (χ2n) is 12.7. The summed E-state index contributed by atoms with van der Waals surface area (Å²) in [5.74, 6) is -7.17. The van der Waals surface area contributed by atoms with Crippen LogP contribution in [0.1, 0.15) is 53.3 Å². The highest BCUT2D eigenvalue weighted by Crippen LogP contribution is 2.47. The fourth-order valence-electron chi connectivity index (χ4n) is 6.64. The van der Waals surface area contributed by atoms with Gasteiger partial charge >= 0.3 is 12.4 Å². The van der Waals surface area contributed by atoms with E-state index < -0.39 is 103 Å². The van der Waals surface area contributed by atoms with Crippen LogP contribution < -0.4 is 10.0 Å². The number of aromatic nitrogens is 5. The van der Waals surface area contributed by atoms with Gasteiger partial charge in [0, 0.05) is 34.9 Å². The Morgan fingerprint density at radius 3 is 2.31 bits per heavy atom. The van der Waals surface area contributed by atoms with Gasteiger partial charge in [-0.2, -0.15) is 44.9 Å². The van der Waals surface area contributed by atoms with Crippen molar-refractivity contribution in [2.75, 3.05) is 11.0 Å². The first-order valence-corrected chi connectivity index (χ1v) is 18.2. The summed E-state index contributed by atoms with van der Waals surface area (Å²) in [6.07, 6.45) is -10.5. The number of carbonyl (C=O) groups is 1. The van der Waals surface area contributed by atoms with Gasteiger partial charge in [0.1, 0.15) is 36.7 Å². The van der Waals surface area contributed by atoms with Crippen molar-refractivity contribution < 1.29 is 53.3 Å². The zero-order chi connectivity index (χ0) is 40.2. The quantitative estimate of drug-likeness (QED) is 0.103. The van der Waals surface area contributed by atoms with Crippen LogP contribution in [0.25, 0.3) is 22.0 Å². The molecule has 3 aromatic heterocycles. The third-order valence-electron chi connectivity index (χ3n) is 8.72.